The summed E-state index contributed by atoms with van der Waals surface area (Å²) in [6.07, 6.45) is 0. The summed E-state index contributed by atoms with van der Waals surface area (Å²) in [6, 6.07) is 17.2. The predicted octanol–water partition coefficient (Wildman–Crippen LogP) is 5.04. The summed E-state index contributed by atoms with van der Waals surface area (Å²) in [7, 11) is 0. The van der Waals surface area contributed by atoms with Gasteiger partial charge in [-0.15, -0.1) is 0 Å². The van der Waals surface area contributed by atoms with Crippen LogP contribution in [0.1, 0.15) is 15.9 Å². The molecule has 3 aromatic rings. The summed E-state index contributed by atoms with van der Waals surface area (Å²) in [5, 5.41) is 15.1. The number of anilines is 3. The lowest BCUT2D eigenvalue weighted by molar-refractivity contribution is -0.120. The van der Waals surface area contributed by atoms with Gasteiger partial charge >= 0.3 is 0 Å². The number of phenols is 1. The quantitative estimate of drug-likeness (QED) is 0.350. The molecular weight excluding hydrogens is 465 g/mol. The van der Waals surface area contributed by atoms with Crippen molar-refractivity contribution in [2.45, 2.75) is 6.92 Å². The summed E-state index contributed by atoms with van der Waals surface area (Å²) in [5.41, 5.74) is 2.43. The maximum atomic E-state index is 12.9. The van der Waals surface area contributed by atoms with Crippen molar-refractivity contribution in [2.24, 2.45) is 0 Å². The topological polar surface area (TPSA) is 98.7 Å². The number of benzene rings is 3. The van der Waals surface area contributed by atoms with Crippen LogP contribution in [0.4, 0.5) is 17.1 Å². The third-order valence-electron chi connectivity index (χ3n) is 4.98. The van der Waals surface area contributed by atoms with Gasteiger partial charge in [0.25, 0.3) is 17.7 Å². The molecule has 1 heterocycles. The van der Waals surface area contributed by atoms with Crippen LogP contribution in [-0.4, -0.2) is 22.8 Å². The van der Waals surface area contributed by atoms with E-state index < -0.39 is 11.8 Å². The Morgan fingerprint density at radius 2 is 1.52 bits per heavy atom. The zero-order chi connectivity index (χ0) is 23.7. The maximum absolute atomic E-state index is 12.9. The molecule has 1 aliphatic rings. The normalized spacial score (nSPS) is 13.5. The average molecular weight is 482 g/mol. The highest BCUT2D eigenvalue weighted by molar-refractivity contribution is 6.53. The first-order valence-corrected chi connectivity index (χ1v) is 10.5. The van der Waals surface area contributed by atoms with Crippen LogP contribution in [0.2, 0.25) is 5.02 Å². The zero-order valence-electron chi connectivity index (χ0n) is 17.2. The Kier molecular flexibility index (Phi) is 6.09. The number of hydrogen-bond donors (Lipinski definition) is 3. The van der Waals surface area contributed by atoms with Crippen molar-refractivity contribution in [1.29, 1.82) is 0 Å². The monoisotopic (exact) mass is 481 g/mol. The summed E-state index contributed by atoms with van der Waals surface area (Å²) in [4.78, 5) is 38.9. The van der Waals surface area contributed by atoms with Crippen molar-refractivity contribution in [3.63, 3.8) is 0 Å². The Balaban J connectivity index is 1.48. The van der Waals surface area contributed by atoms with Gasteiger partial charge in [-0.25, -0.2) is 4.90 Å². The molecule has 0 unspecified atom stereocenters. The van der Waals surface area contributed by atoms with Gasteiger partial charge in [0.1, 0.15) is 16.5 Å². The highest BCUT2D eigenvalue weighted by atomic mass is 35.5. The van der Waals surface area contributed by atoms with E-state index in [1.54, 1.807) is 48.5 Å². The van der Waals surface area contributed by atoms with Gasteiger partial charge in [-0.1, -0.05) is 29.3 Å². The lowest BCUT2D eigenvalue weighted by Crippen LogP contribution is -2.32. The number of hydrogen-bond acceptors (Lipinski definition) is 5. The molecule has 0 spiro atoms. The Morgan fingerprint density at radius 1 is 0.879 bits per heavy atom. The van der Waals surface area contributed by atoms with E-state index in [0.29, 0.717) is 27.6 Å². The number of amides is 3. The molecule has 0 atom stereocenters. The molecule has 0 radical (unpaired) electrons. The second-order valence-corrected chi connectivity index (χ2v) is 8.06. The fourth-order valence-corrected chi connectivity index (χ4v) is 3.55. The number of imide groups is 1. The smallest absolute Gasteiger partial charge is 0.283 e. The Morgan fingerprint density at radius 3 is 2.15 bits per heavy atom. The molecule has 9 heteroatoms. The van der Waals surface area contributed by atoms with Gasteiger partial charge in [-0.3, -0.25) is 14.4 Å². The number of aryl methyl sites for hydroxylation is 1. The van der Waals surface area contributed by atoms with Crippen molar-refractivity contribution in [3.8, 4) is 5.75 Å². The fraction of sp³-hybridized carbons (Fsp3) is 0.0417. The van der Waals surface area contributed by atoms with E-state index in [0.717, 1.165) is 10.5 Å². The van der Waals surface area contributed by atoms with Crippen molar-refractivity contribution < 1.29 is 19.5 Å². The van der Waals surface area contributed by atoms with Crippen LogP contribution in [0.15, 0.2) is 77.5 Å². The number of carbonyl (C=O) groups is 3. The SMILES string of the molecule is Cc1ccc(N2C(=O)C(Cl)=C(Nc3ccc(C(=O)Nc4ccc(O)cc4)cc3)C2=O)cc1Cl. The predicted molar refractivity (Wildman–Crippen MR) is 128 cm³/mol. The van der Waals surface area contributed by atoms with Gasteiger partial charge in [0.2, 0.25) is 0 Å². The van der Waals surface area contributed by atoms with E-state index in [1.807, 2.05) is 6.92 Å². The van der Waals surface area contributed by atoms with Gasteiger partial charge in [0, 0.05) is 22.0 Å². The number of nitrogens with one attached hydrogen (secondary N) is 2. The van der Waals surface area contributed by atoms with Gasteiger partial charge < -0.3 is 15.7 Å². The summed E-state index contributed by atoms with van der Waals surface area (Å²) in [5.74, 6) is -1.52. The van der Waals surface area contributed by atoms with Crippen LogP contribution < -0.4 is 15.5 Å². The third-order valence-corrected chi connectivity index (χ3v) is 5.74. The number of carbonyl (C=O) groups excluding carboxylic acids is 3. The van der Waals surface area contributed by atoms with E-state index >= 15 is 0 Å². The Hall–Kier alpha value is -3.81. The van der Waals surface area contributed by atoms with E-state index in [4.69, 9.17) is 23.2 Å². The third kappa shape index (κ3) is 4.55. The molecule has 7 nitrogen and oxygen atoms in total. The minimum Gasteiger partial charge on any atom is -0.508 e. The largest absolute Gasteiger partial charge is 0.508 e. The first-order valence-electron chi connectivity index (χ1n) is 9.77. The number of rotatable bonds is 5. The molecule has 3 aromatic carbocycles. The lowest BCUT2D eigenvalue weighted by Gasteiger charge is -2.16. The maximum Gasteiger partial charge on any atom is 0.283 e. The average Bonchev–Trinajstić information content (AvgIpc) is 3.01. The van der Waals surface area contributed by atoms with Crippen LogP contribution in [0.5, 0.6) is 5.75 Å². The van der Waals surface area contributed by atoms with Crippen LogP contribution in [0.25, 0.3) is 0 Å². The van der Waals surface area contributed by atoms with Crippen LogP contribution in [0, 0.1) is 6.92 Å². The molecule has 0 aromatic heterocycles. The summed E-state index contributed by atoms with van der Waals surface area (Å²) in [6.45, 7) is 1.81. The highest BCUT2D eigenvalue weighted by Crippen LogP contribution is 2.32. The molecule has 3 amide bonds. The number of nitrogens with zero attached hydrogens (tertiary/aromatic N) is 1. The first kappa shape index (κ1) is 22.4. The highest BCUT2D eigenvalue weighted by Gasteiger charge is 2.39. The minimum atomic E-state index is -0.658. The molecule has 4 rings (SSSR count). The van der Waals surface area contributed by atoms with Crippen LogP contribution in [0.3, 0.4) is 0 Å². The molecule has 0 fully saturated rings. The van der Waals surface area contributed by atoms with Crippen LogP contribution in [-0.2, 0) is 9.59 Å². The summed E-state index contributed by atoms with van der Waals surface area (Å²) < 4.78 is 0. The van der Waals surface area contributed by atoms with Crippen molar-refractivity contribution in [1.82, 2.24) is 0 Å². The lowest BCUT2D eigenvalue weighted by atomic mass is 10.2. The fourth-order valence-electron chi connectivity index (χ4n) is 3.16. The second-order valence-electron chi connectivity index (χ2n) is 7.27. The van der Waals surface area contributed by atoms with E-state index in [2.05, 4.69) is 10.6 Å². The van der Waals surface area contributed by atoms with Crippen LogP contribution >= 0.6 is 23.2 Å². The minimum absolute atomic E-state index is 0.0698. The molecule has 1 aliphatic heterocycles. The summed E-state index contributed by atoms with van der Waals surface area (Å²) >= 11 is 12.3. The van der Waals surface area contributed by atoms with Crippen molar-refractivity contribution in [2.75, 3.05) is 15.5 Å². The van der Waals surface area contributed by atoms with Gasteiger partial charge in [0.15, 0.2) is 0 Å². The molecule has 0 bridgehead atoms. The van der Waals surface area contributed by atoms with E-state index in [1.165, 1.54) is 18.2 Å². The molecule has 0 aliphatic carbocycles. The number of aromatic hydroxyl groups is 1. The Labute approximate surface area is 199 Å². The molecule has 0 saturated heterocycles. The Bertz CT molecular complexity index is 1300. The van der Waals surface area contributed by atoms with Gasteiger partial charge in [-0.05, 0) is 73.2 Å². The number of phenolic OH excluding ortho intramolecular Hbond substituents is 1. The first-order chi connectivity index (χ1) is 15.7. The molecule has 166 valence electrons. The molecular formula is C24H17Cl2N3O4. The van der Waals surface area contributed by atoms with Gasteiger partial charge in [0.05, 0.1) is 5.69 Å². The van der Waals surface area contributed by atoms with E-state index in [9.17, 15) is 19.5 Å². The zero-order valence-corrected chi connectivity index (χ0v) is 18.7. The molecule has 0 saturated carbocycles. The van der Waals surface area contributed by atoms with E-state index in [-0.39, 0.29) is 22.4 Å². The second kappa shape index (κ2) is 8.97. The standard InChI is InChI=1S/C24H17Cl2N3O4/c1-13-2-9-17(12-19(13)25)29-23(32)20(26)21(24(29)33)27-15-5-3-14(4-6-15)22(31)28-16-7-10-18(30)11-8-16/h2-12,27,30H,1H3,(H,28,31). The number of halogens is 2. The molecule has 33 heavy (non-hydrogen) atoms. The molecule has 3 N–H and O–H groups in total. The van der Waals surface area contributed by atoms with Gasteiger partial charge in [-0.2, -0.15) is 0 Å². The van der Waals surface area contributed by atoms with Crippen molar-refractivity contribution in [3.05, 3.63) is 93.6 Å². The van der Waals surface area contributed by atoms with Crippen molar-refractivity contribution >= 4 is 58.0 Å².